The number of nitrogens with zero attached hydrogens (tertiary/aromatic N) is 1. The molecule has 0 fully saturated rings. The summed E-state index contributed by atoms with van der Waals surface area (Å²) < 4.78 is 17.0. The van der Waals surface area contributed by atoms with Gasteiger partial charge in [0, 0.05) is 0 Å². The minimum absolute atomic E-state index is 0.0975. The lowest BCUT2D eigenvalue weighted by molar-refractivity contribution is -0.145. The molecule has 24 heavy (non-hydrogen) atoms. The van der Waals surface area contributed by atoms with Gasteiger partial charge in [-0.3, -0.25) is 0 Å². The van der Waals surface area contributed by atoms with Gasteiger partial charge in [0.05, 0.1) is 16.8 Å². The molecule has 6 heteroatoms. The van der Waals surface area contributed by atoms with E-state index in [4.69, 9.17) is 14.2 Å². The topological polar surface area (TPSA) is 57.7 Å². The molecule has 0 aliphatic carbocycles. The summed E-state index contributed by atoms with van der Waals surface area (Å²) in [5, 5.41) is 0.929. The number of ether oxygens (including phenoxy) is 3. The highest BCUT2D eigenvalue weighted by Crippen LogP contribution is 2.23. The minimum atomic E-state index is -0.381. The van der Waals surface area contributed by atoms with Crippen molar-refractivity contribution in [2.45, 2.75) is 13.5 Å². The summed E-state index contributed by atoms with van der Waals surface area (Å²) in [5.41, 5.74) is 0.990. The van der Waals surface area contributed by atoms with Gasteiger partial charge in [-0.05, 0) is 43.3 Å². The normalized spacial score (nSPS) is 10.5. The number of thiazole rings is 1. The Bertz CT molecular complexity index is 780. The van der Waals surface area contributed by atoms with Crippen molar-refractivity contribution < 1.29 is 19.0 Å². The van der Waals surface area contributed by atoms with Crippen molar-refractivity contribution in [3.63, 3.8) is 0 Å². The van der Waals surface area contributed by atoms with Crippen LogP contribution in [-0.2, 0) is 16.1 Å². The predicted molar refractivity (Wildman–Crippen MR) is 92.5 cm³/mol. The van der Waals surface area contributed by atoms with E-state index in [9.17, 15) is 4.79 Å². The number of benzene rings is 2. The molecule has 3 aromatic rings. The summed E-state index contributed by atoms with van der Waals surface area (Å²) in [6, 6.07) is 15.1. The van der Waals surface area contributed by atoms with Crippen molar-refractivity contribution in [2.75, 3.05) is 13.2 Å². The van der Waals surface area contributed by atoms with Gasteiger partial charge in [-0.2, -0.15) is 0 Å². The summed E-state index contributed by atoms with van der Waals surface area (Å²) in [6.45, 7) is 2.43. The average Bonchev–Trinajstić information content (AvgIpc) is 3.02. The van der Waals surface area contributed by atoms with Gasteiger partial charge in [0.15, 0.2) is 6.61 Å². The monoisotopic (exact) mass is 343 g/mol. The number of fused-ring (bicyclic) bond motifs is 1. The molecule has 0 spiro atoms. The molecule has 5 nitrogen and oxygen atoms in total. The van der Waals surface area contributed by atoms with E-state index in [-0.39, 0.29) is 12.6 Å². The summed E-state index contributed by atoms with van der Waals surface area (Å²) in [5.74, 6) is 0.932. The van der Waals surface area contributed by atoms with Gasteiger partial charge in [-0.15, -0.1) is 11.3 Å². The third-order valence-corrected chi connectivity index (χ3v) is 4.20. The summed E-state index contributed by atoms with van der Waals surface area (Å²) in [6.07, 6.45) is 0. The molecule has 0 atom stereocenters. The van der Waals surface area contributed by atoms with Gasteiger partial charge in [0.2, 0.25) is 0 Å². The molecule has 0 unspecified atom stereocenters. The van der Waals surface area contributed by atoms with E-state index in [0.717, 1.165) is 21.0 Å². The Morgan fingerprint density at radius 2 is 1.75 bits per heavy atom. The fourth-order valence-electron chi connectivity index (χ4n) is 2.10. The Morgan fingerprint density at radius 3 is 2.46 bits per heavy atom. The van der Waals surface area contributed by atoms with E-state index >= 15 is 0 Å². The van der Waals surface area contributed by atoms with Crippen LogP contribution < -0.4 is 9.47 Å². The van der Waals surface area contributed by atoms with Gasteiger partial charge in [0.25, 0.3) is 0 Å². The fourth-order valence-corrected chi connectivity index (χ4v) is 2.98. The Morgan fingerprint density at radius 1 is 1.04 bits per heavy atom. The van der Waals surface area contributed by atoms with Crippen molar-refractivity contribution in [3.8, 4) is 11.5 Å². The second-order valence-corrected chi connectivity index (χ2v) is 6.04. The number of hydrogen-bond donors (Lipinski definition) is 0. The van der Waals surface area contributed by atoms with Gasteiger partial charge in [-0.25, -0.2) is 9.78 Å². The van der Waals surface area contributed by atoms with E-state index in [1.807, 2.05) is 24.3 Å². The van der Waals surface area contributed by atoms with Crippen LogP contribution in [0.3, 0.4) is 0 Å². The number of esters is 1. The van der Waals surface area contributed by atoms with Gasteiger partial charge in [-0.1, -0.05) is 12.1 Å². The summed E-state index contributed by atoms with van der Waals surface area (Å²) in [4.78, 5) is 15.8. The molecule has 0 saturated heterocycles. The maximum Gasteiger partial charge on any atom is 0.344 e. The predicted octanol–water partition coefficient (Wildman–Crippen LogP) is 3.82. The number of para-hydroxylation sites is 1. The largest absolute Gasteiger partial charge is 0.486 e. The molecule has 0 aliphatic rings. The molecule has 1 heterocycles. The quantitative estimate of drug-likeness (QED) is 0.611. The van der Waals surface area contributed by atoms with E-state index in [1.165, 1.54) is 0 Å². The highest BCUT2D eigenvalue weighted by atomic mass is 32.1. The molecule has 1 aromatic heterocycles. The van der Waals surface area contributed by atoms with Crippen molar-refractivity contribution in [3.05, 3.63) is 53.5 Å². The molecular weight excluding hydrogens is 326 g/mol. The lowest BCUT2D eigenvalue weighted by atomic mass is 10.3. The Balaban J connectivity index is 1.53. The standard InChI is InChI=1S/C18H17NO4S/c1-2-21-18(20)12-23-14-9-7-13(8-10-14)22-11-17-19-15-5-3-4-6-16(15)24-17/h3-10H,2,11-12H2,1H3. The van der Waals surface area contributed by atoms with Crippen LogP contribution in [0.15, 0.2) is 48.5 Å². The van der Waals surface area contributed by atoms with E-state index in [1.54, 1.807) is 42.5 Å². The lowest BCUT2D eigenvalue weighted by Gasteiger charge is -2.07. The summed E-state index contributed by atoms with van der Waals surface area (Å²) in [7, 11) is 0. The van der Waals surface area contributed by atoms with Gasteiger partial charge >= 0.3 is 5.97 Å². The zero-order valence-electron chi connectivity index (χ0n) is 13.2. The van der Waals surface area contributed by atoms with Crippen LogP contribution in [0.5, 0.6) is 11.5 Å². The van der Waals surface area contributed by atoms with Crippen molar-refractivity contribution in [1.82, 2.24) is 4.98 Å². The summed E-state index contributed by atoms with van der Waals surface area (Å²) >= 11 is 1.62. The number of rotatable bonds is 7. The maximum atomic E-state index is 11.2. The second-order valence-electron chi connectivity index (χ2n) is 4.93. The molecule has 0 saturated carbocycles. The van der Waals surface area contributed by atoms with Crippen LogP contribution in [-0.4, -0.2) is 24.2 Å². The van der Waals surface area contributed by atoms with Crippen LogP contribution in [0.25, 0.3) is 10.2 Å². The maximum absolute atomic E-state index is 11.2. The first-order valence-corrected chi connectivity index (χ1v) is 8.42. The molecule has 0 bridgehead atoms. The molecule has 0 N–H and O–H groups in total. The number of aromatic nitrogens is 1. The Kier molecular flexibility index (Phi) is 5.28. The molecule has 0 radical (unpaired) electrons. The van der Waals surface area contributed by atoms with E-state index in [2.05, 4.69) is 4.98 Å². The molecule has 0 aliphatic heterocycles. The van der Waals surface area contributed by atoms with Crippen molar-refractivity contribution in [2.24, 2.45) is 0 Å². The number of carbonyl (C=O) groups is 1. The Hall–Kier alpha value is -2.60. The zero-order chi connectivity index (χ0) is 16.8. The first-order chi connectivity index (χ1) is 11.7. The lowest BCUT2D eigenvalue weighted by Crippen LogP contribution is -2.14. The average molecular weight is 343 g/mol. The second kappa shape index (κ2) is 7.79. The Labute approximate surface area is 143 Å². The minimum Gasteiger partial charge on any atom is -0.486 e. The van der Waals surface area contributed by atoms with Crippen molar-refractivity contribution in [1.29, 1.82) is 0 Å². The number of carbonyl (C=O) groups excluding carboxylic acids is 1. The third-order valence-electron chi connectivity index (χ3n) is 3.19. The van der Waals surface area contributed by atoms with E-state index < -0.39 is 0 Å². The zero-order valence-corrected chi connectivity index (χ0v) is 14.0. The smallest absolute Gasteiger partial charge is 0.344 e. The third kappa shape index (κ3) is 4.23. The first-order valence-electron chi connectivity index (χ1n) is 7.60. The number of hydrogen-bond acceptors (Lipinski definition) is 6. The van der Waals surface area contributed by atoms with Crippen molar-refractivity contribution >= 4 is 27.5 Å². The van der Waals surface area contributed by atoms with Gasteiger partial charge in [0.1, 0.15) is 23.1 Å². The fraction of sp³-hybridized carbons (Fsp3) is 0.222. The van der Waals surface area contributed by atoms with Crippen LogP contribution in [0.2, 0.25) is 0 Å². The molecule has 0 amide bonds. The van der Waals surface area contributed by atoms with Crippen LogP contribution in [0, 0.1) is 0 Å². The molecular formula is C18H17NO4S. The molecule has 2 aromatic carbocycles. The van der Waals surface area contributed by atoms with Crippen LogP contribution >= 0.6 is 11.3 Å². The highest BCUT2D eigenvalue weighted by Gasteiger charge is 2.05. The SMILES string of the molecule is CCOC(=O)COc1ccc(OCc2nc3ccccc3s2)cc1. The first kappa shape index (κ1) is 16.3. The van der Waals surface area contributed by atoms with E-state index in [0.29, 0.717) is 19.0 Å². The highest BCUT2D eigenvalue weighted by molar-refractivity contribution is 7.18. The molecule has 3 rings (SSSR count). The van der Waals surface area contributed by atoms with Gasteiger partial charge < -0.3 is 14.2 Å². The molecule has 124 valence electrons. The van der Waals surface area contributed by atoms with Crippen LogP contribution in [0.4, 0.5) is 0 Å². The van der Waals surface area contributed by atoms with Crippen LogP contribution in [0.1, 0.15) is 11.9 Å².